The number of rotatable bonds is 5. The van der Waals surface area contributed by atoms with E-state index in [4.69, 9.17) is 0 Å². The van der Waals surface area contributed by atoms with Crippen molar-refractivity contribution >= 4 is 21.8 Å². The SMILES string of the molecule is CN(C)CC(C)(O)CNC(=O)c1ncccc1Br. The zero-order valence-corrected chi connectivity index (χ0v) is 12.4. The minimum atomic E-state index is -0.972. The number of hydrogen-bond donors (Lipinski definition) is 2. The quantitative estimate of drug-likeness (QED) is 0.847. The highest BCUT2D eigenvalue weighted by Crippen LogP contribution is 2.13. The van der Waals surface area contributed by atoms with Gasteiger partial charge in [0.05, 0.1) is 5.60 Å². The molecule has 0 saturated heterocycles. The van der Waals surface area contributed by atoms with E-state index in [0.717, 1.165) is 0 Å². The van der Waals surface area contributed by atoms with Crippen LogP contribution >= 0.6 is 15.9 Å². The van der Waals surface area contributed by atoms with E-state index in [1.807, 2.05) is 19.0 Å². The highest BCUT2D eigenvalue weighted by atomic mass is 79.9. The molecule has 1 atom stereocenters. The molecule has 0 bridgehead atoms. The van der Waals surface area contributed by atoms with Crippen LogP contribution in [-0.2, 0) is 0 Å². The van der Waals surface area contributed by atoms with Gasteiger partial charge in [-0.2, -0.15) is 0 Å². The first-order valence-electron chi connectivity index (χ1n) is 5.58. The molecule has 1 rings (SSSR count). The zero-order chi connectivity index (χ0) is 13.8. The van der Waals surface area contributed by atoms with Crippen LogP contribution in [-0.4, -0.2) is 53.7 Å². The molecule has 1 heterocycles. The number of amides is 1. The molecule has 1 aromatic heterocycles. The molecule has 0 aliphatic rings. The van der Waals surface area contributed by atoms with Crippen molar-refractivity contribution in [3.63, 3.8) is 0 Å². The molecule has 0 radical (unpaired) electrons. The van der Waals surface area contributed by atoms with E-state index < -0.39 is 5.60 Å². The molecule has 0 aliphatic heterocycles. The Balaban J connectivity index is 2.59. The van der Waals surface area contributed by atoms with Crippen LogP contribution in [0.25, 0.3) is 0 Å². The lowest BCUT2D eigenvalue weighted by molar-refractivity contribution is 0.0325. The molecule has 0 aromatic carbocycles. The summed E-state index contributed by atoms with van der Waals surface area (Å²) >= 11 is 3.26. The Hall–Kier alpha value is -0.980. The van der Waals surface area contributed by atoms with Gasteiger partial charge in [-0.3, -0.25) is 4.79 Å². The summed E-state index contributed by atoms with van der Waals surface area (Å²) in [6, 6.07) is 3.49. The molecule has 2 N–H and O–H groups in total. The molecular weight excluding hydrogens is 298 g/mol. The number of likely N-dealkylation sites (N-methyl/N-ethyl adjacent to an activating group) is 1. The molecule has 1 aromatic rings. The van der Waals surface area contributed by atoms with Gasteiger partial charge in [-0.15, -0.1) is 0 Å². The summed E-state index contributed by atoms with van der Waals surface area (Å²) < 4.78 is 0.634. The van der Waals surface area contributed by atoms with E-state index in [9.17, 15) is 9.90 Å². The molecule has 1 amide bonds. The summed E-state index contributed by atoms with van der Waals surface area (Å²) in [4.78, 5) is 17.7. The number of hydrogen-bond acceptors (Lipinski definition) is 4. The van der Waals surface area contributed by atoms with Gasteiger partial charge in [-0.1, -0.05) is 0 Å². The second-order valence-corrected chi connectivity index (χ2v) is 5.61. The van der Waals surface area contributed by atoms with Gasteiger partial charge in [-0.25, -0.2) is 4.98 Å². The average molecular weight is 316 g/mol. The third kappa shape index (κ3) is 4.72. The Kier molecular flexibility index (Phi) is 5.25. The van der Waals surface area contributed by atoms with E-state index in [-0.39, 0.29) is 12.5 Å². The molecule has 5 nitrogen and oxygen atoms in total. The lowest BCUT2D eigenvalue weighted by Crippen LogP contribution is -2.47. The second-order valence-electron chi connectivity index (χ2n) is 4.75. The largest absolute Gasteiger partial charge is 0.387 e. The van der Waals surface area contributed by atoms with Gasteiger partial charge in [0.25, 0.3) is 5.91 Å². The topological polar surface area (TPSA) is 65.5 Å². The summed E-state index contributed by atoms with van der Waals surface area (Å²) in [5, 5.41) is 12.7. The Morgan fingerprint density at radius 1 is 1.61 bits per heavy atom. The minimum absolute atomic E-state index is 0.174. The number of halogens is 1. The standard InChI is InChI=1S/C12H18BrN3O2/c1-12(18,8-16(2)3)7-15-11(17)10-9(13)5-4-6-14-10/h4-6,18H,7-8H2,1-3H3,(H,15,17). The number of nitrogens with zero attached hydrogens (tertiary/aromatic N) is 2. The average Bonchev–Trinajstić information content (AvgIpc) is 2.25. The van der Waals surface area contributed by atoms with Crippen LogP contribution in [0.15, 0.2) is 22.8 Å². The fourth-order valence-electron chi connectivity index (χ4n) is 1.64. The fourth-order valence-corrected chi connectivity index (χ4v) is 2.08. The molecule has 6 heteroatoms. The predicted octanol–water partition coefficient (Wildman–Crippen LogP) is 0.886. The molecule has 0 saturated carbocycles. The first kappa shape index (κ1) is 15.1. The Morgan fingerprint density at radius 3 is 2.83 bits per heavy atom. The summed E-state index contributed by atoms with van der Waals surface area (Å²) in [6.07, 6.45) is 1.55. The molecule has 0 aliphatic carbocycles. The van der Waals surface area contributed by atoms with Gasteiger partial charge >= 0.3 is 0 Å². The maximum Gasteiger partial charge on any atom is 0.271 e. The van der Waals surface area contributed by atoms with Crippen molar-refractivity contribution in [2.45, 2.75) is 12.5 Å². The Labute approximate surface area is 115 Å². The van der Waals surface area contributed by atoms with Crippen molar-refractivity contribution < 1.29 is 9.90 Å². The van der Waals surface area contributed by atoms with Crippen LogP contribution < -0.4 is 5.32 Å². The van der Waals surface area contributed by atoms with E-state index in [0.29, 0.717) is 16.7 Å². The van der Waals surface area contributed by atoms with Crippen LogP contribution in [0, 0.1) is 0 Å². The first-order chi connectivity index (χ1) is 8.32. The fraction of sp³-hybridized carbons (Fsp3) is 0.500. The third-order valence-electron chi connectivity index (χ3n) is 2.26. The number of pyridine rings is 1. The van der Waals surface area contributed by atoms with Crippen molar-refractivity contribution in [1.82, 2.24) is 15.2 Å². The van der Waals surface area contributed by atoms with Crippen molar-refractivity contribution in [2.24, 2.45) is 0 Å². The maximum atomic E-state index is 11.9. The van der Waals surface area contributed by atoms with Crippen LogP contribution in [0.2, 0.25) is 0 Å². The molecule has 0 fully saturated rings. The van der Waals surface area contributed by atoms with Crippen LogP contribution in [0.1, 0.15) is 17.4 Å². The normalized spacial score (nSPS) is 14.3. The Bertz CT molecular complexity index is 422. The summed E-state index contributed by atoms with van der Waals surface area (Å²) in [6.45, 7) is 2.32. The molecule has 0 spiro atoms. The maximum absolute atomic E-state index is 11.9. The van der Waals surface area contributed by atoms with Crippen molar-refractivity contribution in [3.05, 3.63) is 28.5 Å². The molecule has 1 unspecified atom stereocenters. The lowest BCUT2D eigenvalue weighted by Gasteiger charge is -2.27. The molecular formula is C12H18BrN3O2. The first-order valence-corrected chi connectivity index (χ1v) is 6.37. The van der Waals surface area contributed by atoms with Crippen molar-refractivity contribution in [3.8, 4) is 0 Å². The van der Waals surface area contributed by atoms with Crippen LogP contribution in [0.5, 0.6) is 0 Å². The smallest absolute Gasteiger partial charge is 0.271 e. The lowest BCUT2D eigenvalue weighted by atomic mass is 10.1. The summed E-state index contributed by atoms with van der Waals surface area (Å²) in [7, 11) is 3.73. The monoisotopic (exact) mass is 315 g/mol. The van der Waals surface area contributed by atoms with Gasteiger partial charge in [0, 0.05) is 23.8 Å². The van der Waals surface area contributed by atoms with Gasteiger partial charge in [-0.05, 0) is 49.1 Å². The second kappa shape index (κ2) is 6.26. The Morgan fingerprint density at radius 2 is 2.28 bits per heavy atom. The highest BCUT2D eigenvalue weighted by molar-refractivity contribution is 9.10. The number of aliphatic hydroxyl groups is 1. The number of carbonyl (C=O) groups excluding carboxylic acids is 1. The van der Waals surface area contributed by atoms with E-state index in [1.165, 1.54) is 0 Å². The molecule has 100 valence electrons. The zero-order valence-electron chi connectivity index (χ0n) is 10.8. The summed E-state index contributed by atoms with van der Waals surface area (Å²) in [5.74, 6) is -0.304. The van der Waals surface area contributed by atoms with Gasteiger partial charge in [0.1, 0.15) is 5.69 Å². The number of nitrogens with one attached hydrogen (secondary N) is 1. The van der Waals surface area contributed by atoms with E-state index in [1.54, 1.807) is 25.3 Å². The predicted molar refractivity (Wildman–Crippen MR) is 73.4 cm³/mol. The van der Waals surface area contributed by atoms with E-state index >= 15 is 0 Å². The van der Waals surface area contributed by atoms with E-state index in [2.05, 4.69) is 26.2 Å². The summed E-state index contributed by atoms with van der Waals surface area (Å²) in [5.41, 5.74) is -0.654. The van der Waals surface area contributed by atoms with Gasteiger partial charge in [0.15, 0.2) is 0 Å². The van der Waals surface area contributed by atoms with Crippen molar-refractivity contribution in [1.29, 1.82) is 0 Å². The van der Waals surface area contributed by atoms with Crippen molar-refractivity contribution in [2.75, 3.05) is 27.2 Å². The number of aromatic nitrogens is 1. The van der Waals surface area contributed by atoms with Gasteiger partial charge < -0.3 is 15.3 Å². The van der Waals surface area contributed by atoms with Gasteiger partial charge in [0.2, 0.25) is 0 Å². The van der Waals surface area contributed by atoms with Crippen LogP contribution in [0.3, 0.4) is 0 Å². The minimum Gasteiger partial charge on any atom is -0.387 e. The highest BCUT2D eigenvalue weighted by Gasteiger charge is 2.23. The molecule has 18 heavy (non-hydrogen) atoms. The third-order valence-corrected chi connectivity index (χ3v) is 2.90. The number of carbonyl (C=O) groups is 1. The van der Waals surface area contributed by atoms with Crippen LogP contribution in [0.4, 0.5) is 0 Å².